The highest BCUT2D eigenvalue weighted by Gasteiger charge is 2.19. The molecule has 3 rings (SSSR count). The summed E-state index contributed by atoms with van der Waals surface area (Å²) >= 11 is 0. The van der Waals surface area contributed by atoms with Crippen LogP contribution in [0.15, 0.2) is 18.3 Å². The maximum Gasteiger partial charge on any atom is 0.181 e. The van der Waals surface area contributed by atoms with Crippen molar-refractivity contribution in [2.45, 2.75) is 18.8 Å². The Morgan fingerprint density at radius 3 is 2.63 bits per heavy atom. The van der Waals surface area contributed by atoms with E-state index < -0.39 is 0 Å². The lowest BCUT2D eigenvalue weighted by molar-refractivity contribution is 0.456. The van der Waals surface area contributed by atoms with Gasteiger partial charge in [-0.25, -0.2) is 4.98 Å². The number of rotatable bonds is 1. The molecule has 1 fully saturated rings. The fraction of sp³-hybridized carbons (Fsp3) is 0.455. The SMILES string of the molecule is Cl.Cl.Cl.Cl.c1cnc2n[nH]c(C3CCCNC3)c2c1. The number of H-pyrrole nitrogens is 1. The summed E-state index contributed by atoms with van der Waals surface area (Å²) in [4.78, 5) is 4.23. The Hall–Kier alpha value is -0.260. The van der Waals surface area contributed by atoms with E-state index in [4.69, 9.17) is 0 Å². The Labute approximate surface area is 137 Å². The fourth-order valence-corrected chi connectivity index (χ4v) is 2.28. The van der Waals surface area contributed by atoms with Gasteiger partial charge in [0.1, 0.15) is 0 Å². The summed E-state index contributed by atoms with van der Waals surface area (Å²) in [5.74, 6) is 0.563. The number of hydrogen-bond donors (Lipinski definition) is 2. The highest BCUT2D eigenvalue weighted by atomic mass is 35.5. The molecular formula is C11H18Cl4N4. The summed E-state index contributed by atoms with van der Waals surface area (Å²) < 4.78 is 0. The van der Waals surface area contributed by atoms with Gasteiger partial charge in [0.2, 0.25) is 0 Å². The smallest absolute Gasteiger partial charge is 0.181 e. The van der Waals surface area contributed by atoms with E-state index in [1.165, 1.54) is 23.9 Å². The Bertz CT molecular complexity index is 470. The Balaban J connectivity index is 0. The van der Waals surface area contributed by atoms with Crippen LogP contribution in [0, 0.1) is 0 Å². The molecule has 0 saturated carbocycles. The lowest BCUT2D eigenvalue weighted by Crippen LogP contribution is -2.28. The molecule has 1 unspecified atom stereocenters. The van der Waals surface area contributed by atoms with Crippen molar-refractivity contribution in [3.8, 4) is 0 Å². The van der Waals surface area contributed by atoms with Crippen molar-refractivity contribution >= 4 is 60.7 Å². The van der Waals surface area contributed by atoms with Crippen LogP contribution in [0.4, 0.5) is 0 Å². The second-order valence-corrected chi connectivity index (χ2v) is 4.06. The maximum absolute atomic E-state index is 4.23. The Kier molecular flexibility index (Phi) is 10.6. The van der Waals surface area contributed by atoms with Crippen molar-refractivity contribution in [3.05, 3.63) is 24.0 Å². The van der Waals surface area contributed by atoms with Gasteiger partial charge in [0.15, 0.2) is 5.65 Å². The van der Waals surface area contributed by atoms with Crippen molar-refractivity contribution in [1.29, 1.82) is 0 Å². The number of piperidine rings is 1. The molecular weight excluding hydrogens is 330 g/mol. The molecule has 0 aromatic carbocycles. The van der Waals surface area contributed by atoms with Crippen molar-refractivity contribution < 1.29 is 0 Å². The molecule has 2 aromatic rings. The minimum atomic E-state index is 0. The zero-order valence-corrected chi connectivity index (χ0v) is 13.4. The lowest BCUT2D eigenvalue weighted by Gasteiger charge is -2.21. The average Bonchev–Trinajstić information content (AvgIpc) is 2.74. The van der Waals surface area contributed by atoms with E-state index in [9.17, 15) is 0 Å². The van der Waals surface area contributed by atoms with E-state index in [1.54, 1.807) is 6.20 Å². The van der Waals surface area contributed by atoms with Crippen LogP contribution in [0.1, 0.15) is 24.5 Å². The molecule has 0 spiro atoms. The zero-order chi connectivity index (χ0) is 10.1. The molecule has 0 amide bonds. The minimum Gasteiger partial charge on any atom is -0.316 e. The molecule has 1 aliphatic heterocycles. The predicted molar refractivity (Wildman–Crippen MR) is 87.7 cm³/mol. The van der Waals surface area contributed by atoms with E-state index >= 15 is 0 Å². The first-order chi connectivity index (χ1) is 7.45. The third-order valence-corrected chi connectivity index (χ3v) is 3.06. The summed E-state index contributed by atoms with van der Waals surface area (Å²) in [6.07, 6.45) is 4.26. The largest absolute Gasteiger partial charge is 0.316 e. The number of aromatic amines is 1. The molecule has 110 valence electrons. The van der Waals surface area contributed by atoms with Crippen molar-refractivity contribution in [2.75, 3.05) is 13.1 Å². The first-order valence-corrected chi connectivity index (χ1v) is 5.45. The quantitative estimate of drug-likeness (QED) is 0.833. The number of nitrogens with zero attached hydrogens (tertiary/aromatic N) is 2. The van der Waals surface area contributed by atoms with E-state index in [0.717, 1.165) is 18.7 Å². The van der Waals surface area contributed by atoms with E-state index in [-0.39, 0.29) is 49.6 Å². The number of hydrogen-bond acceptors (Lipinski definition) is 3. The topological polar surface area (TPSA) is 53.6 Å². The number of nitrogens with one attached hydrogen (secondary N) is 2. The van der Waals surface area contributed by atoms with Crippen LogP contribution in [0.3, 0.4) is 0 Å². The zero-order valence-electron chi connectivity index (χ0n) is 10.2. The monoisotopic (exact) mass is 346 g/mol. The van der Waals surface area contributed by atoms with Crippen molar-refractivity contribution in [3.63, 3.8) is 0 Å². The second kappa shape index (κ2) is 9.61. The Morgan fingerprint density at radius 2 is 1.95 bits per heavy atom. The van der Waals surface area contributed by atoms with Crippen LogP contribution in [-0.2, 0) is 0 Å². The molecule has 1 aliphatic rings. The summed E-state index contributed by atoms with van der Waals surface area (Å²) in [6, 6.07) is 4.06. The van der Waals surface area contributed by atoms with E-state index in [1.807, 2.05) is 6.07 Å². The number of fused-ring (bicyclic) bond motifs is 1. The molecule has 4 nitrogen and oxygen atoms in total. The first kappa shape index (κ1) is 21.0. The number of halogens is 4. The first-order valence-electron chi connectivity index (χ1n) is 5.45. The normalized spacial score (nSPS) is 17.4. The summed E-state index contributed by atoms with van der Waals surface area (Å²) in [5, 5.41) is 12.0. The van der Waals surface area contributed by atoms with Gasteiger partial charge in [-0.3, -0.25) is 5.10 Å². The van der Waals surface area contributed by atoms with Gasteiger partial charge in [-0.2, -0.15) is 5.10 Å². The minimum absolute atomic E-state index is 0. The van der Waals surface area contributed by atoms with Gasteiger partial charge in [0.05, 0.1) is 0 Å². The van der Waals surface area contributed by atoms with Crippen LogP contribution in [0.25, 0.3) is 11.0 Å². The predicted octanol–water partition coefficient (Wildman–Crippen LogP) is 3.11. The molecule has 0 radical (unpaired) electrons. The highest BCUT2D eigenvalue weighted by Crippen LogP contribution is 2.26. The van der Waals surface area contributed by atoms with Crippen LogP contribution < -0.4 is 5.32 Å². The maximum atomic E-state index is 4.23. The van der Waals surface area contributed by atoms with Gasteiger partial charge < -0.3 is 5.32 Å². The van der Waals surface area contributed by atoms with E-state index in [2.05, 4.69) is 26.6 Å². The van der Waals surface area contributed by atoms with Crippen LogP contribution >= 0.6 is 49.6 Å². The molecule has 0 aliphatic carbocycles. The molecule has 19 heavy (non-hydrogen) atoms. The molecule has 2 aromatic heterocycles. The molecule has 1 saturated heterocycles. The fourth-order valence-electron chi connectivity index (χ4n) is 2.28. The van der Waals surface area contributed by atoms with Crippen molar-refractivity contribution in [1.82, 2.24) is 20.5 Å². The summed E-state index contributed by atoms with van der Waals surface area (Å²) in [7, 11) is 0. The van der Waals surface area contributed by atoms with Gasteiger partial charge in [0.25, 0.3) is 0 Å². The van der Waals surface area contributed by atoms with Gasteiger partial charge >= 0.3 is 0 Å². The van der Waals surface area contributed by atoms with Crippen LogP contribution in [0.5, 0.6) is 0 Å². The lowest BCUT2D eigenvalue weighted by atomic mass is 9.94. The molecule has 2 N–H and O–H groups in total. The summed E-state index contributed by atoms with van der Waals surface area (Å²) in [5.41, 5.74) is 2.07. The number of aromatic nitrogens is 3. The van der Waals surface area contributed by atoms with Gasteiger partial charge in [-0.05, 0) is 31.5 Å². The van der Waals surface area contributed by atoms with Gasteiger partial charge in [-0.1, -0.05) is 0 Å². The van der Waals surface area contributed by atoms with Crippen LogP contribution in [0.2, 0.25) is 0 Å². The van der Waals surface area contributed by atoms with E-state index in [0.29, 0.717) is 5.92 Å². The third kappa shape index (κ3) is 4.36. The molecule has 3 heterocycles. The van der Waals surface area contributed by atoms with Crippen molar-refractivity contribution in [2.24, 2.45) is 0 Å². The van der Waals surface area contributed by atoms with Crippen LogP contribution in [-0.4, -0.2) is 28.3 Å². The standard InChI is InChI=1S/C11H14N4.4ClH/c1-3-8(7-12-5-1)10-9-4-2-6-13-11(9)15-14-10;;;;/h2,4,6,8,12H,1,3,5,7H2,(H,13,14,15);4*1H. The second-order valence-electron chi connectivity index (χ2n) is 4.06. The number of pyridine rings is 1. The summed E-state index contributed by atoms with van der Waals surface area (Å²) in [6.45, 7) is 2.19. The molecule has 0 bridgehead atoms. The average molecular weight is 348 g/mol. The van der Waals surface area contributed by atoms with Gasteiger partial charge in [0, 0.05) is 29.7 Å². The Morgan fingerprint density at radius 1 is 1.16 bits per heavy atom. The van der Waals surface area contributed by atoms with Gasteiger partial charge in [-0.15, -0.1) is 49.6 Å². The molecule has 8 heteroatoms. The molecule has 1 atom stereocenters. The highest BCUT2D eigenvalue weighted by molar-refractivity contribution is 5.86. The third-order valence-electron chi connectivity index (χ3n) is 3.06.